The lowest BCUT2D eigenvalue weighted by Gasteiger charge is -2.18. The van der Waals surface area contributed by atoms with Gasteiger partial charge in [-0.2, -0.15) is 5.26 Å². The van der Waals surface area contributed by atoms with Crippen LogP contribution in [0.1, 0.15) is 48.4 Å². The van der Waals surface area contributed by atoms with Crippen LogP contribution in [-0.4, -0.2) is 32.5 Å². The highest BCUT2D eigenvalue weighted by atomic mass is 16.3. The van der Waals surface area contributed by atoms with Crippen molar-refractivity contribution in [1.82, 2.24) is 20.1 Å². The van der Waals surface area contributed by atoms with Crippen LogP contribution in [0.2, 0.25) is 0 Å². The summed E-state index contributed by atoms with van der Waals surface area (Å²) in [5.41, 5.74) is 0. The second kappa shape index (κ2) is 6.70. The third-order valence-electron chi connectivity index (χ3n) is 2.95. The molecule has 0 saturated heterocycles. The van der Waals surface area contributed by atoms with Crippen LogP contribution in [0.15, 0.2) is 22.8 Å². The van der Waals surface area contributed by atoms with Crippen LogP contribution in [0.4, 0.5) is 0 Å². The van der Waals surface area contributed by atoms with Crippen molar-refractivity contribution in [3.05, 3.63) is 35.8 Å². The first-order valence-electron chi connectivity index (χ1n) is 6.72. The number of rotatable bonds is 6. The highest BCUT2D eigenvalue weighted by Crippen LogP contribution is 2.12. The molecule has 7 heteroatoms. The van der Waals surface area contributed by atoms with E-state index in [0.29, 0.717) is 24.7 Å². The van der Waals surface area contributed by atoms with Crippen molar-refractivity contribution >= 4 is 5.91 Å². The van der Waals surface area contributed by atoms with Crippen molar-refractivity contribution in [2.45, 2.75) is 32.7 Å². The van der Waals surface area contributed by atoms with Crippen molar-refractivity contribution in [1.29, 1.82) is 5.26 Å². The molecule has 7 nitrogen and oxygen atoms in total. The zero-order chi connectivity index (χ0) is 15.2. The van der Waals surface area contributed by atoms with Gasteiger partial charge in [-0.15, -0.1) is 5.10 Å². The molecule has 2 rings (SSSR count). The molecule has 1 amide bonds. The number of H-pyrrole nitrogens is 1. The van der Waals surface area contributed by atoms with E-state index in [2.05, 4.69) is 15.2 Å². The maximum absolute atomic E-state index is 12.4. The number of carbonyl (C=O) groups is 1. The molecule has 0 aliphatic rings. The molecule has 0 saturated carbocycles. The average Bonchev–Trinajstić information content (AvgIpc) is 3.13. The van der Waals surface area contributed by atoms with E-state index in [0.717, 1.165) is 0 Å². The van der Waals surface area contributed by atoms with Gasteiger partial charge in [0.15, 0.2) is 0 Å². The van der Waals surface area contributed by atoms with Gasteiger partial charge >= 0.3 is 0 Å². The fraction of sp³-hybridized carbons (Fsp3) is 0.429. The summed E-state index contributed by atoms with van der Waals surface area (Å²) in [5, 5.41) is 15.4. The van der Waals surface area contributed by atoms with Crippen LogP contribution >= 0.6 is 0 Å². The number of nitrogens with one attached hydrogen (secondary N) is 1. The van der Waals surface area contributed by atoms with Crippen molar-refractivity contribution < 1.29 is 9.21 Å². The minimum Gasteiger partial charge on any atom is -0.467 e. The third-order valence-corrected chi connectivity index (χ3v) is 2.95. The number of hydrogen-bond acceptors (Lipinski definition) is 5. The lowest BCUT2D eigenvalue weighted by Crippen LogP contribution is -2.32. The predicted octanol–water partition coefficient (Wildman–Crippen LogP) is 2.08. The molecule has 1 N–H and O–H groups in total. The molecule has 0 aliphatic heterocycles. The van der Waals surface area contributed by atoms with Gasteiger partial charge in [-0.3, -0.25) is 9.89 Å². The van der Waals surface area contributed by atoms with Crippen LogP contribution in [0, 0.1) is 11.3 Å². The molecule has 0 bridgehead atoms. The van der Waals surface area contributed by atoms with Gasteiger partial charge in [-0.05, 0) is 12.1 Å². The van der Waals surface area contributed by atoms with E-state index in [1.54, 1.807) is 18.4 Å². The lowest BCUT2D eigenvalue weighted by atomic mass is 10.2. The third kappa shape index (κ3) is 3.69. The molecular weight excluding hydrogens is 270 g/mol. The Bertz CT molecular complexity index is 624. The zero-order valence-corrected chi connectivity index (χ0v) is 12.0. The number of hydrogen-bond donors (Lipinski definition) is 1. The molecule has 2 aromatic rings. The van der Waals surface area contributed by atoms with Gasteiger partial charge in [0.25, 0.3) is 5.91 Å². The molecular formula is C14H17N5O2. The maximum atomic E-state index is 12.4. The lowest BCUT2D eigenvalue weighted by molar-refractivity contribution is 0.0723. The summed E-state index contributed by atoms with van der Waals surface area (Å²) in [6.45, 7) is 4.52. The van der Waals surface area contributed by atoms with E-state index >= 15 is 0 Å². The molecule has 2 aromatic heterocycles. The predicted molar refractivity (Wildman–Crippen MR) is 74.2 cm³/mol. The summed E-state index contributed by atoms with van der Waals surface area (Å²) >= 11 is 0. The van der Waals surface area contributed by atoms with Gasteiger partial charge in [0, 0.05) is 12.5 Å². The number of furan rings is 1. The van der Waals surface area contributed by atoms with Gasteiger partial charge in [-0.25, -0.2) is 4.98 Å². The van der Waals surface area contributed by atoms with Gasteiger partial charge in [0.05, 0.1) is 25.3 Å². The van der Waals surface area contributed by atoms with Crippen LogP contribution in [0.5, 0.6) is 0 Å². The Morgan fingerprint density at radius 2 is 2.38 bits per heavy atom. The molecule has 2 heterocycles. The minimum absolute atomic E-state index is 0.114. The molecule has 0 unspecified atom stereocenters. The van der Waals surface area contributed by atoms with Crippen LogP contribution in [0.25, 0.3) is 0 Å². The average molecular weight is 287 g/mol. The summed E-state index contributed by atoms with van der Waals surface area (Å²) in [5.74, 6) is 1.28. The molecule has 0 aromatic carbocycles. The Hall–Kier alpha value is -2.62. The first-order valence-corrected chi connectivity index (χ1v) is 6.72. The van der Waals surface area contributed by atoms with Crippen molar-refractivity contribution in [3.8, 4) is 6.07 Å². The molecule has 0 radical (unpaired) electrons. The van der Waals surface area contributed by atoms with E-state index < -0.39 is 0 Å². The van der Waals surface area contributed by atoms with Gasteiger partial charge < -0.3 is 9.32 Å². The van der Waals surface area contributed by atoms with E-state index in [-0.39, 0.29) is 24.1 Å². The minimum atomic E-state index is -0.315. The number of nitrogens with zero attached hydrogens (tertiary/aromatic N) is 4. The molecule has 0 spiro atoms. The van der Waals surface area contributed by atoms with Crippen LogP contribution < -0.4 is 0 Å². The molecule has 21 heavy (non-hydrogen) atoms. The fourth-order valence-electron chi connectivity index (χ4n) is 1.80. The van der Waals surface area contributed by atoms with Crippen molar-refractivity contribution in [3.63, 3.8) is 0 Å². The van der Waals surface area contributed by atoms with Gasteiger partial charge in [0.1, 0.15) is 11.6 Å². The number of carbonyl (C=O) groups excluding carboxylic acids is 1. The monoisotopic (exact) mass is 287 g/mol. The highest BCUT2D eigenvalue weighted by Gasteiger charge is 2.21. The summed E-state index contributed by atoms with van der Waals surface area (Å²) in [4.78, 5) is 18.1. The van der Waals surface area contributed by atoms with Gasteiger partial charge in [-0.1, -0.05) is 13.8 Å². The Morgan fingerprint density at radius 3 is 2.95 bits per heavy atom. The summed E-state index contributed by atoms with van der Waals surface area (Å²) in [6.07, 6.45) is 1.79. The SMILES string of the molecule is CC(C)c1nc(C(=O)N(CCC#N)Cc2ccco2)n[nH]1. The number of nitriles is 1. The quantitative estimate of drug-likeness (QED) is 0.876. The topological polar surface area (TPSA) is 98.8 Å². The first-order chi connectivity index (χ1) is 10.1. The summed E-state index contributed by atoms with van der Waals surface area (Å²) < 4.78 is 5.25. The first kappa shape index (κ1) is 14.8. The van der Waals surface area contributed by atoms with Crippen molar-refractivity contribution in [2.75, 3.05) is 6.54 Å². The zero-order valence-electron chi connectivity index (χ0n) is 12.0. The normalized spacial score (nSPS) is 10.6. The maximum Gasteiger partial charge on any atom is 0.293 e. The van der Waals surface area contributed by atoms with E-state index in [1.165, 1.54) is 4.90 Å². The van der Waals surface area contributed by atoms with Crippen LogP contribution in [-0.2, 0) is 6.54 Å². The fourth-order valence-corrected chi connectivity index (χ4v) is 1.80. The number of aromatic nitrogens is 3. The molecule has 0 atom stereocenters. The van der Waals surface area contributed by atoms with E-state index in [4.69, 9.17) is 9.68 Å². The van der Waals surface area contributed by atoms with Gasteiger partial charge in [0.2, 0.25) is 5.82 Å². The standard InChI is InChI=1S/C14H17N5O2/c1-10(2)12-16-13(18-17-12)14(20)19(7-4-6-15)9-11-5-3-8-21-11/h3,5,8,10H,4,7,9H2,1-2H3,(H,16,17,18). The molecule has 0 aliphatic carbocycles. The highest BCUT2D eigenvalue weighted by molar-refractivity contribution is 5.90. The Morgan fingerprint density at radius 1 is 1.57 bits per heavy atom. The largest absolute Gasteiger partial charge is 0.467 e. The Balaban J connectivity index is 2.14. The Kier molecular flexibility index (Phi) is 4.72. The smallest absolute Gasteiger partial charge is 0.293 e. The summed E-state index contributed by atoms with van der Waals surface area (Å²) in [7, 11) is 0. The van der Waals surface area contributed by atoms with E-state index in [9.17, 15) is 4.79 Å². The second-order valence-corrected chi connectivity index (χ2v) is 4.91. The molecule has 0 fully saturated rings. The summed E-state index contributed by atoms with van der Waals surface area (Å²) in [6, 6.07) is 5.57. The van der Waals surface area contributed by atoms with Crippen molar-refractivity contribution in [2.24, 2.45) is 0 Å². The van der Waals surface area contributed by atoms with E-state index in [1.807, 2.05) is 19.9 Å². The second-order valence-electron chi connectivity index (χ2n) is 4.91. The number of amides is 1. The van der Waals surface area contributed by atoms with Crippen LogP contribution in [0.3, 0.4) is 0 Å². The Labute approximate surface area is 122 Å². The number of aromatic amines is 1. The molecule has 110 valence electrons.